The normalized spacial score (nSPS) is 26.7. The molecule has 2 aromatic rings. The first-order valence-corrected chi connectivity index (χ1v) is 6.37. The van der Waals surface area contributed by atoms with Gasteiger partial charge in [-0.25, -0.2) is 9.97 Å². The smallest absolute Gasteiger partial charge is 0.144 e. The Morgan fingerprint density at radius 3 is 2.79 bits per heavy atom. The summed E-state index contributed by atoms with van der Waals surface area (Å²) in [7, 11) is 0. The van der Waals surface area contributed by atoms with E-state index in [2.05, 4.69) is 16.5 Å². The van der Waals surface area contributed by atoms with Crippen molar-refractivity contribution in [3.05, 3.63) is 36.4 Å². The monoisotopic (exact) mass is 259 g/mol. The molecule has 100 valence electrons. The van der Waals surface area contributed by atoms with Crippen LogP contribution >= 0.6 is 0 Å². The van der Waals surface area contributed by atoms with Gasteiger partial charge in [-0.1, -0.05) is 6.58 Å². The van der Waals surface area contributed by atoms with Crippen molar-refractivity contribution in [2.75, 3.05) is 13.2 Å². The summed E-state index contributed by atoms with van der Waals surface area (Å²) < 4.78 is 2.03. The zero-order valence-corrected chi connectivity index (χ0v) is 10.8. The minimum Gasteiger partial charge on any atom is -0.396 e. The van der Waals surface area contributed by atoms with Crippen molar-refractivity contribution in [2.24, 2.45) is 11.8 Å². The lowest BCUT2D eigenvalue weighted by Crippen LogP contribution is -2.44. The molecule has 2 N–H and O–H groups in total. The topological polar surface area (TPSA) is 71.2 Å². The van der Waals surface area contributed by atoms with Crippen LogP contribution in [0.25, 0.3) is 11.0 Å². The third-order valence-electron chi connectivity index (χ3n) is 4.19. The van der Waals surface area contributed by atoms with E-state index in [1.54, 1.807) is 6.33 Å². The summed E-state index contributed by atoms with van der Waals surface area (Å²) >= 11 is 0. The molecule has 1 aliphatic rings. The Labute approximate surface area is 111 Å². The van der Waals surface area contributed by atoms with E-state index < -0.39 is 0 Å². The Kier molecular flexibility index (Phi) is 2.88. The molecule has 0 aliphatic heterocycles. The number of hydrogen-bond donors (Lipinski definition) is 2. The van der Waals surface area contributed by atoms with Crippen LogP contribution < -0.4 is 0 Å². The predicted octanol–water partition coefficient (Wildman–Crippen LogP) is 1.07. The molecule has 1 fully saturated rings. The lowest BCUT2D eigenvalue weighted by molar-refractivity contribution is 0.0538. The predicted molar refractivity (Wildman–Crippen MR) is 71.6 cm³/mol. The third kappa shape index (κ3) is 1.62. The number of fused-ring (bicyclic) bond motifs is 1. The van der Waals surface area contributed by atoms with E-state index >= 15 is 0 Å². The van der Waals surface area contributed by atoms with Crippen LogP contribution in [0.2, 0.25) is 0 Å². The van der Waals surface area contributed by atoms with Crippen molar-refractivity contribution in [3.63, 3.8) is 0 Å². The summed E-state index contributed by atoms with van der Waals surface area (Å²) in [5.74, 6) is -0.0150. The molecule has 0 unspecified atom stereocenters. The SMILES string of the molecule is C=C1[C@@H](n2ccc3c(C)ncnc32)[C@H](CO)[C@H]1CO. The zero-order valence-electron chi connectivity index (χ0n) is 10.8. The Morgan fingerprint density at radius 2 is 2.11 bits per heavy atom. The largest absolute Gasteiger partial charge is 0.396 e. The number of aromatic nitrogens is 3. The van der Waals surface area contributed by atoms with Crippen LogP contribution in [0.5, 0.6) is 0 Å². The summed E-state index contributed by atoms with van der Waals surface area (Å²) in [4.78, 5) is 8.50. The molecule has 0 aromatic carbocycles. The van der Waals surface area contributed by atoms with Crippen molar-refractivity contribution in [1.29, 1.82) is 0 Å². The van der Waals surface area contributed by atoms with E-state index in [1.165, 1.54) is 0 Å². The van der Waals surface area contributed by atoms with Gasteiger partial charge in [0.15, 0.2) is 0 Å². The highest BCUT2D eigenvalue weighted by Crippen LogP contribution is 2.48. The molecule has 1 aliphatic carbocycles. The standard InChI is InChI=1S/C14H17N3O2/c1-8-11(5-18)12(6-19)13(8)17-4-3-10-9(2)15-7-16-14(10)17/h3-4,7,11-13,18-19H,1,5-6H2,2H3/t11-,12+,13+/m0/s1. The van der Waals surface area contributed by atoms with Crippen LogP contribution in [-0.2, 0) is 0 Å². The highest BCUT2D eigenvalue weighted by atomic mass is 16.3. The second-order valence-electron chi connectivity index (χ2n) is 5.07. The number of hydrogen-bond acceptors (Lipinski definition) is 4. The number of rotatable bonds is 3. The second-order valence-corrected chi connectivity index (χ2v) is 5.07. The lowest BCUT2D eigenvalue weighted by atomic mass is 9.66. The Bertz CT molecular complexity index is 635. The summed E-state index contributed by atoms with van der Waals surface area (Å²) in [6.45, 7) is 6.07. The van der Waals surface area contributed by atoms with E-state index in [9.17, 15) is 10.2 Å². The second kappa shape index (κ2) is 4.43. The van der Waals surface area contributed by atoms with Crippen LogP contribution in [0.4, 0.5) is 0 Å². The van der Waals surface area contributed by atoms with Gasteiger partial charge in [0.1, 0.15) is 12.0 Å². The summed E-state index contributed by atoms with van der Waals surface area (Å²) in [5, 5.41) is 19.8. The molecule has 0 bridgehead atoms. The van der Waals surface area contributed by atoms with Gasteiger partial charge in [-0.3, -0.25) is 0 Å². The van der Waals surface area contributed by atoms with E-state index in [0.717, 1.165) is 22.3 Å². The fourth-order valence-corrected chi connectivity index (χ4v) is 3.06. The first-order valence-electron chi connectivity index (χ1n) is 6.37. The molecule has 3 rings (SSSR count). The van der Waals surface area contributed by atoms with Crippen molar-refractivity contribution in [2.45, 2.75) is 13.0 Å². The maximum atomic E-state index is 9.50. The quantitative estimate of drug-likeness (QED) is 0.809. The van der Waals surface area contributed by atoms with E-state index in [0.29, 0.717) is 0 Å². The fraction of sp³-hybridized carbons (Fsp3) is 0.429. The van der Waals surface area contributed by atoms with Crippen LogP contribution in [0.1, 0.15) is 11.7 Å². The minimum absolute atomic E-state index is 0.00312. The van der Waals surface area contributed by atoms with E-state index in [-0.39, 0.29) is 31.1 Å². The molecule has 2 aromatic heterocycles. The summed E-state index contributed by atoms with van der Waals surface area (Å²) in [6.07, 6.45) is 3.51. The van der Waals surface area contributed by atoms with E-state index in [4.69, 9.17) is 0 Å². The molecule has 5 heteroatoms. The van der Waals surface area contributed by atoms with Gasteiger partial charge >= 0.3 is 0 Å². The molecule has 0 radical (unpaired) electrons. The molecule has 0 amide bonds. The Balaban J connectivity index is 2.06. The molecule has 2 heterocycles. The average Bonchev–Trinajstić information content (AvgIpc) is 2.81. The van der Waals surface area contributed by atoms with Crippen molar-refractivity contribution in [3.8, 4) is 0 Å². The van der Waals surface area contributed by atoms with E-state index in [1.807, 2.05) is 23.8 Å². The van der Waals surface area contributed by atoms with Crippen molar-refractivity contribution < 1.29 is 10.2 Å². The maximum absolute atomic E-state index is 9.50. The number of aliphatic hydroxyl groups excluding tert-OH is 2. The maximum Gasteiger partial charge on any atom is 0.144 e. The molecule has 19 heavy (non-hydrogen) atoms. The van der Waals surface area contributed by atoms with Crippen LogP contribution in [0, 0.1) is 18.8 Å². The molecule has 1 saturated carbocycles. The minimum atomic E-state index is -0.0182. The van der Waals surface area contributed by atoms with Crippen molar-refractivity contribution in [1.82, 2.24) is 14.5 Å². The number of aliphatic hydroxyl groups is 2. The molecule has 5 nitrogen and oxygen atoms in total. The Hall–Kier alpha value is -1.72. The van der Waals surface area contributed by atoms with Gasteiger partial charge in [-0.05, 0) is 18.6 Å². The van der Waals surface area contributed by atoms with Gasteiger partial charge in [-0.2, -0.15) is 0 Å². The van der Waals surface area contributed by atoms with Gasteiger partial charge in [0.2, 0.25) is 0 Å². The van der Waals surface area contributed by atoms with Gasteiger partial charge in [0, 0.05) is 30.0 Å². The summed E-state index contributed by atoms with van der Waals surface area (Å²) in [6, 6.07) is 1.99. The molecule has 0 spiro atoms. The molecular weight excluding hydrogens is 242 g/mol. The van der Waals surface area contributed by atoms with Crippen LogP contribution in [0.3, 0.4) is 0 Å². The van der Waals surface area contributed by atoms with Crippen molar-refractivity contribution >= 4 is 11.0 Å². The van der Waals surface area contributed by atoms with Crippen LogP contribution in [0.15, 0.2) is 30.7 Å². The number of nitrogens with zero attached hydrogens (tertiary/aromatic N) is 3. The van der Waals surface area contributed by atoms with Gasteiger partial charge < -0.3 is 14.8 Å². The van der Waals surface area contributed by atoms with Crippen LogP contribution in [-0.4, -0.2) is 38.0 Å². The first-order chi connectivity index (χ1) is 9.19. The highest BCUT2D eigenvalue weighted by Gasteiger charge is 2.45. The first kappa shape index (κ1) is 12.3. The highest BCUT2D eigenvalue weighted by molar-refractivity contribution is 5.78. The molecule has 3 atom stereocenters. The van der Waals surface area contributed by atoms with Gasteiger partial charge in [0.25, 0.3) is 0 Å². The third-order valence-corrected chi connectivity index (χ3v) is 4.19. The van der Waals surface area contributed by atoms with Gasteiger partial charge in [0.05, 0.1) is 18.3 Å². The molecule has 0 saturated heterocycles. The number of aryl methyl sites for hydroxylation is 1. The fourth-order valence-electron chi connectivity index (χ4n) is 3.06. The lowest BCUT2D eigenvalue weighted by Gasteiger charge is -2.46. The summed E-state index contributed by atoms with van der Waals surface area (Å²) in [5.41, 5.74) is 2.75. The van der Waals surface area contributed by atoms with Gasteiger partial charge in [-0.15, -0.1) is 0 Å². The zero-order chi connectivity index (χ0) is 13.6. The molecular formula is C14H17N3O2. The average molecular weight is 259 g/mol. The Morgan fingerprint density at radius 1 is 1.32 bits per heavy atom.